The van der Waals surface area contributed by atoms with Gasteiger partial charge in [-0.3, -0.25) is 15.1 Å². The fraction of sp³-hybridized carbons (Fsp3) is 0.0833. The zero-order chi connectivity index (χ0) is 14.7. The quantitative estimate of drug-likeness (QED) is 0.627. The molecule has 104 valence electrons. The van der Waals surface area contributed by atoms with E-state index in [4.69, 9.17) is 4.74 Å². The fourth-order valence-electron chi connectivity index (χ4n) is 1.46. The van der Waals surface area contributed by atoms with Crippen LogP contribution in [0, 0.1) is 21.7 Å². The summed E-state index contributed by atoms with van der Waals surface area (Å²) in [5.41, 5.74) is -0.295. The summed E-state index contributed by atoms with van der Waals surface area (Å²) in [4.78, 5) is 13.3. The Kier molecular flexibility index (Phi) is 4.23. The van der Waals surface area contributed by atoms with Crippen LogP contribution in [-0.4, -0.2) is 9.91 Å². The summed E-state index contributed by atoms with van der Waals surface area (Å²) < 4.78 is 32.7. The van der Waals surface area contributed by atoms with Crippen LogP contribution < -0.4 is 4.74 Å². The first-order valence-corrected chi connectivity index (χ1v) is 6.12. The van der Waals surface area contributed by atoms with Gasteiger partial charge in [-0.15, -0.1) is 0 Å². The maximum Gasteiger partial charge on any atom is 0.307 e. The lowest BCUT2D eigenvalue weighted by Crippen LogP contribution is -2.01. The molecule has 0 spiro atoms. The molecule has 0 aliphatic carbocycles. The third-order valence-corrected chi connectivity index (χ3v) is 2.79. The maximum atomic E-state index is 13.6. The van der Waals surface area contributed by atoms with Gasteiger partial charge in [0.2, 0.25) is 5.82 Å². The summed E-state index contributed by atoms with van der Waals surface area (Å²) in [5, 5.41) is 10.4. The number of ether oxygens (including phenoxy) is 1. The summed E-state index contributed by atoms with van der Waals surface area (Å²) in [6.07, 6.45) is 3.07. The molecule has 0 radical (unpaired) electrons. The Morgan fingerprint density at radius 3 is 2.65 bits per heavy atom. The third-order valence-electron chi connectivity index (χ3n) is 2.35. The summed E-state index contributed by atoms with van der Waals surface area (Å²) in [5.74, 6) is -2.55. The molecular weight excluding hydrogens is 338 g/mol. The smallest absolute Gasteiger partial charge is 0.307 e. The first-order valence-electron chi connectivity index (χ1n) is 5.33. The van der Waals surface area contributed by atoms with E-state index in [0.29, 0.717) is 22.2 Å². The van der Waals surface area contributed by atoms with Gasteiger partial charge in [0.25, 0.3) is 0 Å². The van der Waals surface area contributed by atoms with Crippen LogP contribution in [0.2, 0.25) is 0 Å². The molecule has 0 aliphatic heterocycles. The van der Waals surface area contributed by atoms with Crippen LogP contribution in [0.25, 0.3) is 0 Å². The molecule has 0 bridgehead atoms. The second-order valence-electron chi connectivity index (χ2n) is 3.79. The van der Waals surface area contributed by atoms with Gasteiger partial charge in [-0.05, 0) is 22.0 Å². The number of nitrogens with zero attached hydrogens (tertiary/aromatic N) is 2. The number of hydrogen-bond acceptors (Lipinski definition) is 4. The highest BCUT2D eigenvalue weighted by Crippen LogP contribution is 2.27. The molecule has 1 heterocycles. The van der Waals surface area contributed by atoms with E-state index in [1.807, 2.05) is 0 Å². The van der Waals surface area contributed by atoms with Crippen LogP contribution in [0.1, 0.15) is 5.56 Å². The molecule has 0 aliphatic rings. The zero-order valence-corrected chi connectivity index (χ0v) is 11.4. The fourth-order valence-corrected chi connectivity index (χ4v) is 1.88. The number of aromatic nitrogens is 1. The first kappa shape index (κ1) is 14.3. The Hall–Kier alpha value is -2.09. The molecule has 8 heteroatoms. The highest BCUT2D eigenvalue weighted by atomic mass is 79.9. The van der Waals surface area contributed by atoms with Crippen LogP contribution >= 0.6 is 15.9 Å². The zero-order valence-electron chi connectivity index (χ0n) is 9.85. The number of halogens is 3. The number of benzene rings is 1. The highest BCUT2D eigenvalue weighted by Gasteiger charge is 2.19. The van der Waals surface area contributed by atoms with E-state index in [1.54, 1.807) is 12.3 Å². The molecule has 0 amide bonds. The average molecular weight is 345 g/mol. The van der Waals surface area contributed by atoms with Gasteiger partial charge in [0, 0.05) is 28.5 Å². The first-order chi connectivity index (χ1) is 9.47. The van der Waals surface area contributed by atoms with Crippen LogP contribution in [0.3, 0.4) is 0 Å². The van der Waals surface area contributed by atoms with Crippen molar-refractivity contribution in [2.45, 2.75) is 6.61 Å². The molecule has 0 N–H and O–H groups in total. The van der Waals surface area contributed by atoms with E-state index >= 15 is 0 Å². The predicted octanol–water partition coefficient (Wildman–Crippen LogP) is 3.61. The summed E-state index contributed by atoms with van der Waals surface area (Å²) in [7, 11) is 0. The van der Waals surface area contributed by atoms with Crippen molar-refractivity contribution in [1.29, 1.82) is 0 Å². The van der Waals surface area contributed by atoms with Gasteiger partial charge >= 0.3 is 5.69 Å². The molecule has 1 aromatic carbocycles. The van der Waals surface area contributed by atoms with Gasteiger partial charge in [-0.25, -0.2) is 4.39 Å². The van der Waals surface area contributed by atoms with Gasteiger partial charge in [-0.2, -0.15) is 4.39 Å². The second kappa shape index (κ2) is 5.91. The lowest BCUT2D eigenvalue weighted by atomic mass is 10.2. The Morgan fingerprint density at radius 1 is 1.25 bits per heavy atom. The molecule has 0 saturated heterocycles. The summed E-state index contributed by atoms with van der Waals surface area (Å²) in [6, 6.07) is 2.84. The average Bonchev–Trinajstić information content (AvgIpc) is 2.39. The predicted molar refractivity (Wildman–Crippen MR) is 69.3 cm³/mol. The van der Waals surface area contributed by atoms with Crippen molar-refractivity contribution >= 4 is 21.6 Å². The number of hydrogen-bond donors (Lipinski definition) is 0. The van der Waals surface area contributed by atoms with Crippen molar-refractivity contribution in [2.24, 2.45) is 0 Å². The lowest BCUT2D eigenvalue weighted by Gasteiger charge is -2.07. The van der Waals surface area contributed by atoms with Gasteiger partial charge in [0.15, 0.2) is 11.6 Å². The van der Waals surface area contributed by atoms with Crippen molar-refractivity contribution in [2.75, 3.05) is 0 Å². The second-order valence-corrected chi connectivity index (χ2v) is 4.71. The maximum absolute atomic E-state index is 13.6. The molecule has 20 heavy (non-hydrogen) atoms. The van der Waals surface area contributed by atoms with Crippen molar-refractivity contribution in [3.63, 3.8) is 0 Å². The minimum absolute atomic E-state index is 0.0411. The molecular formula is C12H7BrF2N2O3. The normalized spacial score (nSPS) is 10.3. The standard InChI is InChI=1S/C12H7BrF2N2O3/c13-8-1-7(4-16-5-8)6-20-12-3-9(14)11(17(18)19)2-10(12)15/h1-5H,6H2. The van der Waals surface area contributed by atoms with E-state index < -0.39 is 28.0 Å². The van der Waals surface area contributed by atoms with Gasteiger partial charge in [0.05, 0.1) is 11.0 Å². The number of pyridine rings is 1. The topological polar surface area (TPSA) is 65.3 Å². The molecule has 2 aromatic rings. The largest absolute Gasteiger partial charge is 0.486 e. The van der Waals surface area contributed by atoms with Crippen molar-refractivity contribution in [1.82, 2.24) is 4.98 Å². The van der Waals surface area contributed by atoms with Gasteiger partial charge < -0.3 is 4.74 Å². The Balaban J connectivity index is 2.18. The van der Waals surface area contributed by atoms with Gasteiger partial charge in [0.1, 0.15) is 6.61 Å². The van der Waals surface area contributed by atoms with Crippen molar-refractivity contribution < 1.29 is 18.4 Å². The SMILES string of the molecule is O=[N+]([O-])c1cc(F)c(OCc2cncc(Br)c2)cc1F. The van der Waals surface area contributed by atoms with E-state index in [-0.39, 0.29) is 6.61 Å². The molecule has 2 rings (SSSR count). The molecule has 1 aromatic heterocycles. The van der Waals surface area contributed by atoms with E-state index in [0.717, 1.165) is 0 Å². The number of rotatable bonds is 4. The van der Waals surface area contributed by atoms with Crippen LogP contribution in [0.4, 0.5) is 14.5 Å². The van der Waals surface area contributed by atoms with Crippen LogP contribution in [-0.2, 0) is 6.61 Å². The summed E-state index contributed by atoms with van der Waals surface area (Å²) in [6.45, 7) is -0.0411. The Morgan fingerprint density at radius 2 is 2.00 bits per heavy atom. The van der Waals surface area contributed by atoms with Crippen molar-refractivity contribution in [3.8, 4) is 5.75 Å². The summed E-state index contributed by atoms with van der Waals surface area (Å²) >= 11 is 3.21. The van der Waals surface area contributed by atoms with Crippen LogP contribution in [0.5, 0.6) is 5.75 Å². The molecule has 0 unspecified atom stereocenters. The van der Waals surface area contributed by atoms with E-state index in [1.165, 1.54) is 6.20 Å². The van der Waals surface area contributed by atoms with E-state index in [2.05, 4.69) is 20.9 Å². The number of nitro benzene ring substituents is 1. The van der Waals surface area contributed by atoms with Gasteiger partial charge in [-0.1, -0.05) is 0 Å². The Labute approximate surface area is 120 Å². The minimum atomic E-state index is -1.15. The lowest BCUT2D eigenvalue weighted by molar-refractivity contribution is -0.387. The van der Waals surface area contributed by atoms with E-state index in [9.17, 15) is 18.9 Å². The van der Waals surface area contributed by atoms with Crippen molar-refractivity contribution in [3.05, 3.63) is 62.4 Å². The molecule has 0 fully saturated rings. The highest BCUT2D eigenvalue weighted by molar-refractivity contribution is 9.10. The number of nitro groups is 1. The molecule has 0 atom stereocenters. The third kappa shape index (κ3) is 3.27. The minimum Gasteiger partial charge on any atom is -0.486 e. The molecule has 0 saturated carbocycles. The molecule has 5 nitrogen and oxygen atoms in total. The monoisotopic (exact) mass is 344 g/mol. The van der Waals surface area contributed by atoms with Crippen LogP contribution in [0.15, 0.2) is 35.1 Å². The Bertz CT molecular complexity index is 667.